The van der Waals surface area contributed by atoms with Crippen LogP contribution in [-0.2, 0) is 9.59 Å². The summed E-state index contributed by atoms with van der Waals surface area (Å²) in [5.74, 6) is 0.312. The standard InChI is InChI=1S/C19H21N3O4/c23-16-12-20-18(25)22(16)13-17(24)21-10-3-7-19(9-11-21)8-6-14-4-1-2-5-15(14)26-19/h1-2,4-6,8H,3,7,9-13H2,(H,20,25)/t19-/m0/s1. The molecule has 3 aliphatic heterocycles. The van der Waals surface area contributed by atoms with Crippen LogP contribution in [0.15, 0.2) is 30.3 Å². The quantitative estimate of drug-likeness (QED) is 0.814. The van der Waals surface area contributed by atoms with Crippen LogP contribution in [0, 0.1) is 0 Å². The molecule has 1 aromatic carbocycles. The molecule has 0 aliphatic carbocycles. The van der Waals surface area contributed by atoms with E-state index in [1.807, 2.05) is 24.3 Å². The number of ether oxygens (including phenoxy) is 1. The molecule has 26 heavy (non-hydrogen) atoms. The number of likely N-dealkylation sites (tertiary alicyclic amines) is 1. The molecule has 2 fully saturated rings. The Morgan fingerprint density at radius 3 is 2.85 bits per heavy atom. The number of carbonyl (C=O) groups is 3. The largest absolute Gasteiger partial charge is 0.483 e. The molecule has 7 heteroatoms. The van der Waals surface area contributed by atoms with Gasteiger partial charge in [-0.2, -0.15) is 0 Å². The van der Waals surface area contributed by atoms with Crippen LogP contribution in [0.3, 0.4) is 0 Å². The monoisotopic (exact) mass is 355 g/mol. The first-order chi connectivity index (χ1) is 12.6. The number of urea groups is 1. The molecular weight excluding hydrogens is 334 g/mol. The molecule has 0 saturated carbocycles. The van der Waals surface area contributed by atoms with Gasteiger partial charge in [0.15, 0.2) is 0 Å². The third kappa shape index (κ3) is 3.05. The Kier molecular flexibility index (Phi) is 4.14. The molecule has 7 nitrogen and oxygen atoms in total. The topological polar surface area (TPSA) is 79.0 Å². The summed E-state index contributed by atoms with van der Waals surface area (Å²) in [7, 11) is 0. The Balaban J connectivity index is 1.42. The molecule has 3 aliphatic rings. The predicted octanol–water partition coefficient (Wildman–Crippen LogP) is 1.40. The second-order valence-corrected chi connectivity index (χ2v) is 6.91. The van der Waals surface area contributed by atoms with E-state index in [1.54, 1.807) is 4.90 Å². The summed E-state index contributed by atoms with van der Waals surface area (Å²) in [5, 5.41) is 2.43. The Morgan fingerprint density at radius 2 is 2.04 bits per heavy atom. The van der Waals surface area contributed by atoms with Crippen molar-refractivity contribution < 1.29 is 19.1 Å². The summed E-state index contributed by atoms with van der Waals surface area (Å²) in [5.41, 5.74) is 0.665. The summed E-state index contributed by atoms with van der Waals surface area (Å²) in [4.78, 5) is 38.6. The number of nitrogens with one attached hydrogen (secondary N) is 1. The molecule has 3 heterocycles. The lowest BCUT2D eigenvalue weighted by Gasteiger charge is -2.34. The van der Waals surface area contributed by atoms with Crippen LogP contribution < -0.4 is 10.1 Å². The number of amides is 4. The Hall–Kier alpha value is -2.83. The Labute approximate surface area is 151 Å². The second kappa shape index (κ2) is 6.48. The van der Waals surface area contributed by atoms with E-state index >= 15 is 0 Å². The van der Waals surface area contributed by atoms with Crippen LogP contribution in [0.25, 0.3) is 6.08 Å². The van der Waals surface area contributed by atoms with Gasteiger partial charge in [-0.1, -0.05) is 24.3 Å². The van der Waals surface area contributed by atoms with Crippen LogP contribution in [0.5, 0.6) is 5.75 Å². The maximum Gasteiger partial charge on any atom is 0.325 e. The van der Waals surface area contributed by atoms with Gasteiger partial charge in [0.25, 0.3) is 5.91 Å². The molecule has 0 aromatic heterocycles. The van der Waals surface area contributed by atoms with Crippen LogP contribution in [0.1, 0.15) is 24.8 Å². The van der Waals surface area contributed by atoms with Crippen LogP contribution in [0.4, 0.5) is 4.79 Å². The van der Waals surface area contributed by atoms with Crippen molar-refractivity contribution in [3.8, 4) is 5.75 Å². The number of imide groups is 1. The lowest BCUT2D eigenvalue weighted by atomic mass is 9.91. The number of fused-ring (bicyclic) bond motifs is 1. The zero-order chi connectivity index (χ0) is 18.1. The van der Waals surface area contributed by atoms with Gasteiger partial charge in [0.1, 0.15) is 17.9 Å². The summed E-state index contributed by atoms with van der Waals surface area (Å²) in [6.45, 7) is 0.905. The Morgan fingerprint density at radius 1 is 1.19 bits per heavy atom. The van der Waals surface area contributed by atoms with Gasteiger partial charge in [-0.05, 0) is 25.0 Å². The minimum Gasteiger partial charge on any atom is -0.483 e. The van der Waals surface area contributed by atoms with Crippen molar-refractivity contribution in [2.75, 3.05) is 26.2 Å². The molecule has 0 unspecified atom stereocenters. The maximum atomic E-state index is 12.6. The Bertz CT molecular complexity index is 775. The van der Waals surface area contributed by atoms with Crippen molar-refractivity contribution in [3.05, 3.63) is 35.9 Å². The summed E-state index contributed by atoms with van der Waals surface area (Å²) in [6, 6.07) is 7.42. The van der Waals surface area contributed by atoms with Crippen molar-refractivity contribution in [3.63, 3.8) is 0 Å². The number of para-hydroxylation sites is 1. The van der Waals surface area contributed by atoms with Crippen LogP contribution >= 0.6 is 0 Å². The van der Waals surface area contributed by atoms with E-state index < -0.39 is 11.6 Å². The highest BCUT2D eigenvalue weighted by Gasteiger charge is 2.37. The van der Waals surface area contributed by atoms with E-state index in [0.29, 0.717) is 19.5 Å². The molecule has 0 bridgehead atoms. The molecule has 0 radical (unpaired) electrons. The van der Waals surface area contributed by atoms with Gasteiger partial charge < -0.3 is 15.0 Å². The summed E-state index contributed by atoms with van der Waals surface area (Å²) < 4.78 is 6.28. The molecule has 1 aromatic rings. The number of benzene rings is 1. The maximum absolute atomic E-state index is 12.6. The van der Waals surface area contributed by atoms with Crippen molar-refractivity contribution in [1.82, 2.24) is 15.1 Å². The van der Waals surface area contributed by atoms with Crippen LogP contribution in [-0.4, -0.2) is 59.4 Å². The van der Waals surface area contributed by atoms with E-state index in [-0.39, 0.29) is 24.9 Å². The molecular formula is C19H21N3O4. The smallest absolute Gasteiger partial charge is 0.325 e. The molecule has 136 valence electrons. The fourth-order valence-electron chi connectivity index (χ4n) is 3.70. The fourth-order valence-corrected chi connectivity index (χ4v) is 3.70. The van der Waals surface area contributed by atoms with Crippen molar-refractivity contribution in [1.29, 1.82) is 0 Å². The lowest BCUT2D eigenvalue weighted by molar-refractivity contribution is -0.136. The van der Waals surface area contributed by atoms with Gasteiger partial charge in [0.2, 0.25) is 5.91 Å². The third-order valence-electron chi connectivity index (χ3n) is 5.21. The molecule has 4 rings (SSSR count). The highest BCUT2D eigenvalue weighted by atomic mass is 16.5. The number of nitrogens with zero attached hydrogens (tertiary/aromatic N) is 2. The highest BCUT2D eigenvalue weighted by molar-refractivity contribution is 6.04. The second-order valence-electron chi connectivity index (χ2n) is 6.91. The van der Waals surface area contributed by atoms with Gasteiger partial charge in [-0.3, -0.25) is 14.5 Å². The van der Waals surface area contributed by atoms with E-state index in [0.717, 1.165) is 29.1 Å². The zero-order valence-electron chi connectivity index (χ0n) is 14.4. The third-order valence-corrected chi connectivity index (χ3v) is 5.21. The van der Waals surface area contributed by atoms with Crippen LogP contribution in [0.2, 0.25) is 0 Å². The number of hydrogen-bond donors (Lipinski definition) is 1. The van der Waals surface area contributed by atoms with E-state index in [9.17, 15) is 14.4 Å². The van der Waals surface area contributed by atoms with Crippen molar-refractivity contribution in [2.45, 2.75) is 24.9 Å². The number of rotatable bonds is 2. The van der Waals surface area contributed by atoms with E-state index in [2.05, 4.69) is 17.5 Å². The first-order valence-corrected chi connectivity index (χ1v) is 8.90. The normalized spacial score (nSPS) is 24.9. The fraction of sp³-hybridized carbons (Fsp3) is 0.421. The zero-order valence-corrected chi connectivity index (χ0v) is 14.4. The van der Waals surface area contributed by atoms with E-state index in [1.165, 1.54) is 0 Å². The number of carbonyl (C=O) groups excluding carboxylic acids is 3. The average molecular weight is 355 g/mol. The summed E-state index contributed by atoms with van der Waals surface area (Å²) in [6.07, 6.45) is 6.50. The van der Waals surface area contributed by atoms with Gasteiger partial charge >= 0.3 is 6.03 Å². The highest BCUT2D eigenvalue weighted by Crippen LogP contribution is 2.36. The molecule has 4 amide bonds. The van der Waals surface area contributed by atoms with Gasteiger partial charge in [-0.15, -0.1) is 0 Å². The summed E-state index contributed by atoms with van der Waals surface area (Å²) >= 11 is 0. The van der Waals surface area contributed by atoms with Gasteiger partial charge in [0, 0.05) is 25.1 Å². The minimum atomic E-state index is -0.496. The van der Waals surface area contributed by atoms with Crippen molar-refractivity contribution in [2.24, 2.45) is 0 Å². The first kappa shape index (κ1) is 16.6. The molecule has 1 N–H and O–H groups in total. The minimum absolute atomic E-state index is 0.0345. The molecule has 1 atom stereocenters. The van der Waals surface area contributed by atoms with E-state index in [4.69, 9.17) is 4.74 Å². The lowest BCUT2D eigenvalue weighted by Crippen LogP contribution is -2.44. The first-order valence-electron chi connectivity index (χ1n) is 8.90. The molecule has 2 saturated heterocycles. The molecule has 1 spiro atoms. The predicted molar refractivity (Wildman–Crippen MR) is 94.4 cm³/mol. The number of hydrogen-bond acceptors (Lipinski definition) is 4. The average Bonchev–Trinajstić information content (AvgIpc) is 2.84. The van der Waals surface area contributed by atoms with Gasteiger partial charge in [0.05, 0.1) is 6.54 Å². The van der Waals surface area contributed by atoms with Crippen molar-refractivity contribution >= 4 is 23.9 Å². The SMILES string of the molecule is O=C(CN1C(=O)CNC1=O)N1CCC[C@]2(C=Cc3ccccc3O2)CC1. The van der Waals surface area contributed by atoms with Gasteiger partial charge in [-0.25, -0.2) is 4.79 Å².